The zero-order valence-electron chi connectivity index (χ0n) is 13.8. The van der Waals surface area contributed by atoms with Crippen molar-refractivity contribution in [2.24, 2.45) is 0 Å². The van der Waals surface area contributed by atoms with Gasteiger partial charge in [-0.15, -0.1) is 0 Å². The monoisotopic (exact) mass is 320 g/mol. The Balaban J connectivity index is 1.82. The number of amides is 3. The number of carbonyl (C=O) groups excluding carboxylic acids is 2. The maximum Gasteiger partial charge on any atom is 0.407 e. The number of hydrogen-bond acceptors (Lipinski definition) is 4. The van der Waals surface area contributed by atoms with Crippen molar-refractivity contribution in [2.45, 2.75) is 38.8 Å². The number of carbonyl (C=O) groups is 2. The average Bonchev–Trinajstić information content (AvgIpc) is 2.84. The molecule has 23 heavy (non-hydrogen) atoms. The third-order valence-corrected chi connectivity index (χ3v) is 3.33. The van der Waals surface area contributed by atoms with Crippen LogP contribution in [0.25, 0.3) is 0 Å². The molecule has 7 nitrogen and oxygen atoms in total. The Bertz CT molecular complexity index is 583. The smallest absolute Gasteiger partial charge is 0.407 e. The fourth-order valence-corrected chi connectivity index (χ4v) is 2.36. The summed E-state index contributed by atoms with van der Waals surface area (Å²) >= 11 is 0. The molecule has 1 aromatic carbocycles. The molecule has 4 N–H and O–H groups in total. The van der Waals surface area contributed by atoms with Gasteiger partial charge in [-0.2, -0.15) is 0 Å². The summed E-state index contributed by atoms with van der Waals surface area (Å²) in [6, 6.07) is 6.71. The minimum atomic E-state index is -0.535. The average molecular weight is 320 g/mol. The van der Waals surface area contributed by atoms with Crippen LogP contribution < -0.4 is 16.4 Å². The van der Waals surface area contributed by atoms with Gasteiger partial charge in [-0.05, 0) is 45.4 Å². The van der Waals surface area contributed by atoms with E-state index < -0.39 is 11.7 Å². The van der Waals surface area contributed by atoms with Gasteiger partial charge in [0, 0.05) is 24.5 Å². The lowest BCUT2D eigenvalue weighted by Crippen LogP contribution is -2.42. The van der Waals surface area contributed by atoms with E-state index in [9.17, 15) is 9.59 Å². The Morgan fingerprint density at radius 3 is 2.74 bits per heavy atom. The second-order valence-electron chi connectivity index (χ2n) is 6.63. The molecule has 1 unspecified atom stereocenters. The lowest BCUT2D eigenvalue weighted by atomic mass is 10.2. The zero-order valence-corrected chi connectivity index (χ0v) is 13.8. The zero-order chi connectivity index (χ0) is 17.0. The van der Waals surface area contributed by atoms with Gasteiger partial charge in [-0.1, -0.05) is 6.07 Å². The van der Waals surface area contributed by atoms with Gasteiger partial charge in [-0.25, -0.2) is 9.59 Å². The van der Waals surface area contributed by atoms with Crippen molar-refractivity contribution in [1.82, 2.24) is 10.2 Å². The number of benzene rings is 1. The van der Waals surface area contributed by atoms with E-state index >= 15 is 0 Å². The summed E-state index contributed by atoms with van der Waals surface area (Å²) in [6.07, 6.45) is 0.240. The second-order valence-corrected chi connectivity index (χ2v) is 6.63. The van der Waals surface area contributed by atoms with Crippen LogP contribution in [0, 0.1) is 0 Å². The molecule has 0 radical (unpaired) electrons. The Hall–Kier alpha value is -2.44. The standard InChI is InChI=1S/C16H24N4O3/c1-16(2,3)23-15(22)19-13-7-8-20(10-13)14(21)18-12-6-4-5-11(17)9-12/h4-6,9,13H,7-8,10,17H2,1-3H3,(H,18,21)(H,19,22). The predicted molar refractivity (Wildman–Crippen MR) is 89.2 cm³/mol. The molecule has 0 bridgehead atoms. The highest BCUT2D eigenvalue weighted by atomic mass is 16.6. The van der Waals surface area contributed by atoms with Gasteiger partial charge in [-0.3, -0.25) is 0 Å². The molecule has 0 saturated carbocycles. The fourth-order valence-electron chi connectivity index (χ4n) is 2.36. The van der Waals surface area contributed by atoms with Crippen LogP contribution in [-0.2, 0) is 4.74 Å². The molecule has 1 heterocycles. The molecule has 1 aliphatic rings. The number of urea groups is 1. The van der Waals surface area contributed by atoms with E-state index in [0.29, 0.717) is 30.9 Å². The molecule has 1 fully saturated rings. The molecule has 0 spiro atoms. The van der Waals surface area contributed by atoms with E-state index in [2.05, 4.69) is 10.6 Å². The number of nitrogens with two attached hydrogens (primary N) is 1. The minimum Gasteiger partial charge on any atom is -0.444 e. The van der Waals surface area contributed by atoms with E-state index in [4.69, 9.17) is 10.5 Å². The highest BCUT2D eigenvalue weighted by Gasteiger charge is 2.28. The van der Waals surface area contributed by atoms with Crippen LogP contribution in [0.5, 0.6) is 0 Å². The first-order valence-electron chi connectivity index (χ1n) is 7.64. The molecule has 1 atom stereocenters. The van der Waals surface area contributed by atoms with Gasteiger partial charge in [0.05, 0.1) is 6.04 Å². The molecular formula is C16H24N4O3. The van der Waals surface area contributed by atoms with Gasteiger partial charge in [0.15, 0.2) is 0 Å². The minimum absolute atomic E-state index is 0.101. The Labute approximate surface area is 136 Å². The van der Waals surface area contributed by atoms with Crippen LogP contribution in [0.2, 0.25) is 0 Å². The first kappa shape index (κ1) is 16.9. The number of ether oxygens (including phenoxy) is 1. The van der Waals surface area contributed by atoms with Gasteiger partial charge < -0.3 is 26.0 Å². The van der Waals surface area contributed by atoms with Crippen LogP contribution >= 0.6 is 0 Å². The SMILES string of the molecule is CC(C)(C)OC(=O)NC1CCN(C(=O)Nc2cccc(N)c2)C1. The summed E-state index contributed by atoms with van der Waals surface area (Å²) < 4.78 is 5.22. The van der Waals surface area contributed by atoms with Crippen LogP contribution in [0.3, 0.4) is 0 Å². The van der Waals surface area contributed by atoms with Crippen LogP contribution in [0.1, 0.15) is 27.2 Å². The summed E-state index contributed by atoms with van der Waals surface area (Å²) in [4.78, 5) is 25.6. The molecule has 0 aromatic heterocycles. The van der Waals surface area contributed by atoms with Crippen LogP contribution in [-0.4, -0.2) is 41.8 Å². The third kappa shape index (κ3) is 5.36. The molecule has 1 saturated heterocycles. The van der Waals surface area contributed by atoms with Crippen molar-refractivity contribution < 1.29 is 14.3 Å². The van der Waals surface area contributed by atoms with Gasteiger partial charge in [0.1, 0.15) is 5.60 Å². The lowest BCUT2D eigenvalue weighted by molar-refractivity contribution is 0.0506. The van der Waals surface area contributed by atoms with Gasteiger partial charge >= 0.3 is 12.1 Å². The first-order chi connectivity index (χ1) is 10.7. The van der Waals surface area contributed by atoms with E-state index in [1.54, 1.807) is 29.2 Å². The Morgan fingerprint density at radius 1 is 1.35 bits per heavy atom. The van der Waals surface area contributed by atoms with E-state index in [-0.39, 0.29) is 12.1 Å². The molecule has 0 aliphatic carbocycles. The quantitative estimate of drug-likeness (QED) is 0.729. The molecule has 3 amide bonds. The Kier molecular flexibility index (Phi) is 4.98. The number of alkyl carbamates (subject to hydrolysis) is 1. The van der Waals surface area contributed by atoms with E-state index in [0.717, 1.165) is 0 Å². The van der Waals surface area contributed by atoms with Crippen molar-refractivity contribution in [3.8, 4) is 0 Å². The van der Waals surface area contributed by atoms with E-state index in [1.807, 2.05) is 20.8 Å². The molecule has 1 aliphatic heterocycles. The highest BCUT2D eigenvalue weighted by Crippen LogP contribution is 2.16. The number of rotatable bonds is 2. The van der Waals surface area contributed by atoms with Crippen molar-refractivity contribution in [3.05, 3.63) is 24.3 Å². The number of nitrogen functional groups attached to an aromatic ring is 1. The molecule has 126 valence electrons. The third-order valence-electron chi connectivity index (χ3n) is 3.33. The van der Waals surface area contributed by atoms with Crippen molar-refractivity contribution in [3.63, 3.8) is 0 Å². The number of anilines is 2. The molecule has 7 heteroatoms. The second kappa shape index (κ2) is 6.76. The lowest BCUT2D eigenvalue weighted by Gasteiger charge is -2.22. The largest absolute Gasteiger partial charge is 0.444 e. The number of nitrogens with one attached hydrogen (secondary N) is 2. The maximum absolute atomic E-state index is 12.2. The molecule has 1 aromatic rings. The maximum atomic E-state index is 12.2. The van der Waals surface area contributed by atoms with E-state index in [1.165, 1.54) is 0 Å². The summed E-state index contributed by atoms with van der Waals surface area (Å²) in [5.41, 5.74) is 6.40. The topological polar surface area (TPSA) is 96.7 Å². The fraction of sp³-hybridized carbons (Fsp3) is 0.500. The number of hydrogen-bond donors (Lipinski definition) is 3. The number of nitrogens with zero attached hydrogens (tertiary/aromatic N) is 1. The van der Waals surface area contributed by atoms with Crippen molar-refractivity contribution >= 4 is 23.5 Å². The van der Waals surface area contributed by atoms with Crippen LogP contribution in [0.15, 0.2) is 24.3 Å². The summed E-state index contributed by atoms with van der Waals surface area (Å²) in [5.74, 6) is 0. The van der Waals surface area contributed by atoms with Crippen molar-refractivity contribution in [2.75, 3.05) is 24.1 Å². The van der Waals surface area contributed by atoms with Crippen molar-refractivity contribution in [1.29, 1.82) is 0 Å². The highest BCUT2D eigenvalue weighted by molar-refractivity contribution is 5.90. The summed E-state index contributed by atoms with van der Waals surface area (Å²) in [6.45, 7) is 6.47. The van der Waals surface area contributed by atoms with Gasteiger partial charge in [0.25, 0.3) is 0 Å². The number of likely N-dealkylation sites (tertiary alicyclic amines) is 1. The van der Waals surface area contributed by atoms with Gasteiger partial charge in [0.2, 0.25) is 0 Å². The summed E-state index contributed by atoms with van der Waals surface area (Å²) in [5, 5.41) is 5.59. The summed E-state index contributed by atoms with van der Waals surface area (Å²) in [7, 11) is 0. The molecular weight excluding hydrogens is 296 g/mol. The molecule has 2 rings (SSSR count). The predicted octanol–water partition coefficient (Wildman–Crippen LogP) is 2.40. The first-order valence-corrected chi connectivity index (χ1v) is 7.64. The Morgan fingerprint density at radius 2 is 2.09 bits per heavy atom. The van der Waals surface area contributed by atoms with Crippen LogP contribution in [0.4, 0.5) is 21.0 Å². The normalized spacial score (nSPS) is 17.7.